The molecule has 2 N–H and O–H groups in total. The number of H-pyrrole nitrogens is 1. The molecule has 2 aromatic heterocycles. The number of hydrogen-bond acceptors (Lipinski definition) is 5. The van der Waals surface area contributed by atoms with Crippen molar-refractivity contribution in [2.75, 3.05) is 11.9 Å². The van der Waals surface area contributed by atoms with Crippen LogP contribution in [0.2, 0.25) is 0 Å². The molecule has 3 rings (SSSR count). The Morgan fingerprint density at radius 1 is 1.19 bits per heavy atom. The van der Waals surface area contributed by atoms with Gasteiger partial charge in [0.2, 0.25) is 0 Å². The molecular formula is C20H22N4O2. The number of aryl methyl sites for hydroxylation is 1. The summed E-state index contributed by atoms with van der Waals surface area (Å²) in [7, 11) is 0. The van der Waals surface area contributed by atoms with Gasteiger partial charge in [-0.1, -0.05) is 25.1 Å². The standard InChI is InChI=1S/C20H22N4O2/c1-3-16-11-19(25)24-20(23-16)15-9-10-18(22-13-15)21-12-14(2)26-17-7-5-4-6-8-17/h4-11,13-14H,3,12H2,1-2H3,(H,21,22)(H,23,24,25). The first-order valence-electron chi connectivity index (χ1n) is 8.66. The minimum absolute atomic E-state index is 0.00173. The Morgan fingerprint density at radius 2 is 2.00 bits per heavy atom. The number of para-hydroxylation sites is 1. The van der Waals surface area contributed by atoms with E-state index in [1.165, 1.54) is 6.07 Å². The fraction of sp³-hybridized carbons (Fsp3) is 0.250. The third kappa shape index (κ3) is 4.69. The van der Waals surface area contributed by atoms with Crippen molar-refractivity contribution >= 4 is 5.82 Å². The fourth-order valence-electron chi connectivity index (χ4n) is 2.49. The zero-order chi connectivity index (χ0) is 18.4. The summed E-state index contributed by atoms with van der Waals surface area (Å²) in [5.74, 6) is 2.12. The molecule has 1 unspecified atom stereocenters. The lowest BCUT2D eigenvalue weighted by molar-refractivity contribution is 0.234. The molecule has 6 nitrogen and oxygen atoms in total. The molecule has 0 saturated heterocycles. The van der Waals surface area contributed by atoms with Crippen molar-refractivity contribution in [1.82, 2.24) is 15.0 Å². The third-order valence-electron chi connectivity index (χ3n) is 3.84. The van der Waals surface area contributed by atoms with Gasteiger partial charge in [-0.25, -0.2) is 9.97 Å². The number of rotatable bonds is 7. The monoisotopic (exact) mass is 350 g/mol. The van der Waals surface area contributed by atoms with Crippen molar-refractivity contribution in [2.24, 2.45) is 0 Å². The van der Waals surface area contributed by atoms with E-state index in [0.717, 1.165) is 22.8 Å². The quantitative estimate of drug-likeness (QED) is 0.684. The van der Waals surface area contributed by atoms with Crippen LogP contribution in [0.15, 0.2) is 59.5 Å². The highest BCUT2D eigenvalue weighted by Gasteiger charge is 2.06. The molecule has 2 heterocycles. The summed E-state index contributed by atoms with van der Waals surface area (Å²) in [6.45, 7) is 4.59. The summed E-state index contributed by atoms with van der Waals surface area (Å²) in [6.07, 6.45) is 2.41. The molecule has 0 spiro atoms. The molecule has 134 valence electrons. The van der Waals surface area contributed by atoms with Gasteiger partial charge in [-0.05, 0) is 37.6 Å². The minimum Gasteiger partial charge on any atom is -0.489 e. The average molecular weight is 350 g/mol. The summed E-state index contributed by atoms with van der Waals surface area (Å²) in [4.78, 5) is 23.3. The van der Waals surface area contributed by atoms with E-state index < -0.39 is 0 Å². The summed E-state index contributed by atoms with van der Waals surface area (Å²) in [6, 6.07) is 15.0. The highest BCUT2D eigenvalue weighted by atomic mass is 16.5. The van der Waals surface area contributed by atoms with E-state index in [-0.39, 0.29) is 11.7 Å². The number of benzene rings is 1. The number of anilines is 1. The van der Waals surface area contributed by atoms with Crippen molar-refractivity contribution < 1.29 is 4.74 Å². The molecule has 0 aliphatic heterocycles. The van der Waals surface area contributed by atoms with Gasteiger partial charge in [-0.2, -0.15) is 0 Å². The number of aromatic nitrogens is 3. The Hall–Kier alpha value is -3.15. The van der Waals surface area contributed by atoms with Gasteiger partial charge in [0.05, 0.1) is 6.54 Å². The van der Waals surface area contributed by atoms with Crippen molar-refractivity contribution in [3.63, 3.8) is 0 Å². The van der Waals surface area contributed by atoms with Crippen LogP contribution < -0.4 is 15.6 Å². The van der Waals surface area contributed by atoms with Crippen LogP contribution in [0.3, 0.4) is 0 Å². The number of ether oxygens (including phenoxy) is 1. The van der Waals surface area contributed by atoms with E-state index in [1.807, 2.05) is 56.3 Å². The van der Waals surface area contributed by atoms with E-state index in [1.54, 1.807) is 6.20 Å². The first-order chi connectivity index (χ1) is 12.6. The van der Waals surface area contributed by atoms with Crippen LogP contribution in [-0.2, 0) is 6.42 Å². The van der Waals surface area contributed by atoms with E-state index in [0.29, 0.717) is 18.8 Å². The molecule has 0 bridgehead atoms. The zero-order valence-electron chi connectivity index (χ0n) is 14.9. The molecule has 0 radical (unpaired) electrons. The third-order valence-corrected chi connectivity index (χ3v) is 3.84. The number of nitrogens with zero attached hydrogens (tertiary/aromatic N) is 2. The molecule has 0 aliphatic carbocycles. The van der Waals surface area contributed by atoms with Crippen molar-refractivity contribution in [3.8, 4) is 17.1 Å². The second kappa shape index (κ2) is 8.29. The zero-order valence-corrected chi connectivity index (χ0v) is 14.9. The van der Waals surface area contributed by atoms with Gasteiger partial charge in [0.15, 0.2) is 0 Å². The molecular weight excluding hydrogens is 328 g/mol. The molecule has 3 aromatic rings. The predicted molar refractivity (Wildman–Crippen MR) is 102 cm³/mol. The lowest BCUT2D eigenvalue weighted by Crippen LogP contribution is -2.23. The van der Waals surface area contributed by atoms with Crippen molar-refractivity contribution in [2.45, 2.75) is 26.4 Å². The smallest absolute Gasteiger partial charge is 0.251 e. The van der Waals surface area contributed by atoms with Gasteiger partial charge >= 0.3 is 0 Å². The first kappa shape index (κ1) is 17.7. The van der Waals surface area contributed by atoms with Gasteiger partial charge in [-0.3, -0.25) is 4.79 Å². The van der Waals surface area contributed by atoms with Crippen molar-refractivity contribution in [1.29, 1.82) is 0 Å². The highest BCUT2D eigenvalue weighted by Crippen LogP contribution is 2.15. The maximum absolute atomic E-state index is 11.7. The number of hydrogen-bond donors (Lipinski definition) is 2. The maximum Gasteiger partial charge on any atom is 0.251 e. The lowest BCUT2D eigenvalue weighted by Gasteiger charge is -2.15. The number of aromatic amines is 1. The largest absolute Gasteiger partial charge is 0.489 e. The maximum atomic E-state index is 11.7. The SMILES string of the molecule is CCc1cc(=O)[nH]c(-c2ccc(NCC(C)Oc3ccccc3)nc2)n1. The molecule has 0 saturated carbocycles. The molecule has 26 heavy (non-hydrogen) atoms. The lowest BCUT2D eigenvalue weighted by atomic mass is 10.2. The van der Waals surface area contributed by atoms with E-state index in [4.69, 9.17) is 4.74 Å². The molecule has 0 amide bonds. The molecule has 1 aromatic carbocycles. The summed E-state index contributed by atoms with van der Waals surface area (Å²) >= 11 is 0. The molecule has 0 fully saturated rings. The van der Waals surface area contributed by atoms with E-state index in [9.17, 15) is 4.79 Å². The topological polar surface area (TPSA) is 79.9 Å². The second-order valence-corrected chi connectivity index (χ2v) is 5.99. The Bertz CT molecular complexity index is 892. The average Bonchev–Trinajstić information content (AvgIpc) is 2.67. The van der Waals surface area contributed by atoms with E-state index in [2.05, 4.69) is 20.3 Å². The summed E-state index contributed by atoms with van der Waals surface area (Å²) < 4.78 is 5.83. The van der Waals surface area contributed by atoms with Gasteiger partial charge in [0, 0.05) is 23.5 Å². The normalized spacial score (nSPS) is 11.8. The van der Waals surface area contributed by atoms with Crippen LogP contribution in [0.5, 0.6) is 5.75 Å². The Kier molecular flexibility index (Phi) is 5.63. The van der Waals surface area contributed by atoms with Crippen LogP contribution in [0.25, 0.3) is 11.4 Å². The number of nitrogens with one attached hydrogen (secondary N) is 2. The van der Waals surface area contributed by atoms with Gasteiger partial charge < -0.3 is 15.0 Å². The van der Waals surface area contributed by atoms with Crippen LogP contribution >= 0.6 is 0 Å². The van der Waals surface area contributed by atoms with Crippen LogP contribution in [0.1, 0.15) is 19.5 Å². The summed E-state index contributed by atoms with van der Waals surface area (Å²) in [5, 5.41) is 3.25. The Morgan fingerprint density at radius 3 is 2.69 bits per heavy atom. The Labute approximate surface area is 152 Å². The van der Waals surface area contributed by atoms with Crippen LogP contribution in [-0.4, -0.2) is 27.6 Å². The van der Waals surface area contributed by atoms with Gasteiger partial charge in [0.1, 0.15) is 23.5 Å². The minimum atomic E-state index is -0.152. The van der Waals surface area contributed by atoms with Gasteiger partial charge in [0.25, 0.3) is 5.56 Å². The number of pyridine rings is 1. The van der Waals surface area contributed by atoms with Crippen LogP contribution in [0.4, 0.5) is 5.82 Å². The van der Waals surface area contributed by atoms with Crippen molar-refractivity contribution in [3.05, 3.63) is 70.8 Å². The molecule has 0 aliphatic rings. The second-order valence-electron chi connectivity index (χ2n) is 5.99. The predicted octanol–water partition coefficient (Wildman–Crippen LogP) is 3.27. The first-order valence-corrected chi connectivity index (χ1v) is 8.66. The molecule has 6 heteroatoms. The molecule has 1 atom stereocenters. The van der Waals surface area contributed by atoms with Crippen LogP contribution in [0, 0.1) is 0 Å². The summed E-state index contributed by atoms with van der Waals surface area (Å²) in [5.41, 5.74) is 1.38. The fourth-order valence-corrected chi connectivity index (χ4v) is 2.49. The van der Waals surface area contributed by atoms with E-state index >= 15 is 0 Å². The Balaban J connectivity index is 1.61. The van der Waals surface area contributed by atoms with Gasteiger partial charge in [-0.15, -0.1) is 0 Å². The highest BCUT2D eigenvalue weighted by molar-refractivity contribution is 5.55.